The van der Waals surface area contributed by atoms with Crippen LogP contribution in [0.2, 0.25) is 0 Å². The Morgan fingerprint density at radius 3 is 2.59 bits per heavy atom. The molecule has 0 aliphatic carbocycles. The van der Waals surface area contributed by atoms with Gasteiger partial charge in [-0.2, -0.15) is 0 Å². The predicted octanol–water partition coefficient (Wildman–Crippen LogP) is 2.17. The summed E-state index contributed by atoms with van der Waals surface area (Å²) in [7, 11) is 0. The summed E-state index contributed by atoms with van der Waals surface area (Å²) >= 11 is 0. The van der Waals surface area contributed by atoms with Crippen molar-refractivity contribution in [3.8, 4) is 0 Å². The van der Waals surface area contributed by atoms with E-state index >= 15 is 0 Å². The van der Waals surface area contributed by atoms with Gasteiger partial charge in [0.2, 0.25) is 5.91 Å². The van der Waals surface area contributed by atoms with Crippen LogP contribution in [0.5, 0.6) is 0 Å². The second kappa shape index (κ2) is 5.85. The molecule has 2 unspecified atom stereocenters. The standard InChI is InChI=1S/C14H28N2O/c1-10(2)11(3)9-16-13(17)12-14(4,5)7-6-8-15-12/h10-12,15H,6-9H2,1-5H3,(H,16,17). The van der Waals surface area contributed by atoms with Gasteiger partial charge in [0, 0.05) is 6.54 Å². The summed E-state index contributed by atoms with van der Waals surface area (Å²) in [6, 6.07) is -0.0318. The van der Waals surface area contributed by atoms with Gasteiger partial charge >= 0.3 is 0 Å². The summed E-state index contributed by atoms with van der Waals surface area (Å²) in [5.41, 5.74) is 0.0728. The van der Waals surface area contributed by atoms with Gasteiger partial charge in [-0.1, -0.05) is 34.6 Å². The van der Waals surface area contributed by atoms with E-state index in [9.17, 15) is 4.79 Å². The molecule has 1 rings (SSSR count). The van der Waals surface area contributed by atoms with Crippen LogP contribution in [-0.2, 0) is 4.79 Å². The minimum Gasteiger partial charge on any atom is -0.354 e. The maximum atomic E-state index is 12.2. The zero-order chi connectivity index (χ0) is 13.1. The number of carbonyl (C=O) groups is 1. The van der Waals surface area contributed by atoms with Crippen LogP contribution in [0, 0.1) is 17.3 Å². The van der Waals surface area contributed by atoms with Crippen LogP contribution in [0.3, 0.4) is 0 Å². The van der Waals surface area contributed by atoms with E-state index in [1.54, 1.807) is 0 Å². The molecule has 0 saturated carbocycles. The number of amides is 1. The van der Waals surface area contributed by atoms with Crippen LogP contribution in [0.4, 0.5) is 0 Å². The number of carbonyl (C=O) groups excluding carboxylic acids is 1. The molecule has 1 aliphatic rings. The summed E-state index contributed by atoms with van der Waals surface area (Å²) in [4.78, 5) is 12.2. The summed E-state index contributed by atoms with van der Waals surface area (Å²) in [5.74, 6) is 1.32. The second-order valence-electron chi connectivity index (χ2n) is 6.45. The first-order valence-electron chi connectivity index (χ1n) is 6.85. The Labute approximate surface area is 106 Å². The molecule has 2 N–H and O–H groups in total. The first kappa shape index (κ1) is 14.5. The number of nitrogens with one attached hydrogen (secondary N) is 2. The maximum Gasteiger partial charge on any atom is 0.237 e. The van der Waals surface area contributed by atoms with E-state index in [0.717, 1.165) is 19.5 Å². The highest BCUT2D eigenvalue weighted by molar-refractivity contribution is 5.82. The van der Waals surface area contributed by atoms with Crippen LogP contribution in [-0.4, -0.2) is 25.0 Å². The van der Waals surface area contributed by atoms with Crippen molar-refractivity contribution >= 4 is 5.91 Å². The van der Waals surface area contributed by atoms with Crippen molar-refractivity contribution < 1.29 is 4.79 Å². The molecule has 0 bridgehead atoms. The van der Waals surface area contributed by atoms with Crippen LogP contribution in [0.15, 0.2) is 0 Å². The summed E-state index contributed by atoms with van der Waals surface area (Å²) in [5, 5.41) is 6.44. The molecule has 0 spiro atoms. The van der Waals surface area contributed by atoms with Crippen molar-refractivity contribution in [1.82, 2.24) is 10.6 Å². The van der Waals surface area contributed by atoms with Gasteiger partial charge in [0.05, 0.1) is 6.04 Å². The lowest BCUT2D eigenvalue weighted by Crippen LogP contribution is -2.56. The Morgan fingerprint density at radius 2 is 2.06 bits per heavy atom. The van der Waals surface area contributed by atoms with E-state index in [0.29, 0.717) is 11.8 Å². The van der Waals surface area contributed by atoms with Crippen LogP contribution in [0.1, 0.15) is 47.5 Å². The Bertz CT molecular complexity index is 261. The molecule has 1 aliphatic heterocycles. The Morgan fingerprint density at radius 1 is 1.41 bits per heavy atom. The average molecular weight is 240 g/mol. The van der Waals surface area contributed by atoms with E-state index < -0.39 is 0 Å². The fourth-order valence-electron chi connectivity index (χ4n) is 2.26. The molecule has 3 heteroatoms. The van der Waals surface area contributed by atoms with Crippen molar-refractivity contribution in [1.29, 1.82) is 0 Å². The third kappa shape index (κ3) is 3.98. The van der Waals surface area contributed by atoms with Crippen molar-refractivity contribution in [3.05, 3.63) is 0 Å². The van der Waals surface area contributed by atoms with E-state index in [1.807, 2.05) is 0 Å². The summed E-state index contributed by atoms with van der Waals surface area (Å²) in [6.45, 7) is 12.7. The largest absolute Gasteiger partial charge is 0.354 e. The fraction of sp³-hybridized carbons (Fsp3) is 0.929. The minimum atomic E-state index is -0.0318. The van der Waals surface area contributed by atoms with Gasteiger partial charge in [-0.05, 0) is 36.6 Å². The van der Waals surface area contributed by atoms with Gasteiger partial charge in [-0.25, -0.2) is 0 Å². The quantitative estimate of drug-likeness (QED) is 0.791. The lowest BCUT2D eigenvalue weighted by molar-refractivity contribution is -0.127. The summed E-state index contributed by atoms with van der Waals surface area (Å²) in [6.07, 6.45) is 2.29. The number of piperidine rings is 1. The van der Waals surface area contributed by atoms with Gasteiger partial charge in [-0.3, -0.25) is 4.79 Å². The molecular weight excluding hydrogens is 212 g/mol. The topological polar surface area (TPSA) is 41.1 Å². The Kier molecular flexibility index (Phi) is 4.99. The van der Waals surface area contributed by atoms with E-state index in [-0.39, 0.29) is 17.4 Å². The third-order valence-corrected chi connectivity index (χ3v) is 4.13. The van der Waals surface area contributed by atoms with Gasteiger partial charge in [0.25, 0.3) is 0 Å². The number of hydrogen-bond acceptors (Lipinski definition) is 2. The Balaban J connectivity index is 2.46. The number of hydrogen-bond donors (Lipinski definition) is 2. The Hall–Kier alpha value is -0.570. The molecule has 1 amide bonds. The van der Waals surface area contributed by atoms with Crippen molar-refractivity contribution in [2.75, 3.05) is 13.1 Å². The van der Waals surface area contributed by atoms with E-state index in [4.69, 9.17) is 0 Å². The van der Waals surface area contributed by atoms with Crippen LogP contribution < -0.4 is 10.6 Å². The highest BCUT2D eigenvalue weighted by Gasteiger charge is 2.36. The minimum absolute atomic E-state index is 0.0318. The van der Waals surface area contributed by atoms with Gasteiger partial charge in [0.15, 0.2) is 0 Å². The number of rotatable bonds is 4. The maximum absolute atomic E-state index is 12.2. The molecule has 1 saturated heterocycles. The highest BCUT2D eigenvalue weighted by Crippen LogP contribution is 2.30. The van der Waals surface area contributed by atoms with Gasteiger partial charge in [-0.15, -0.1) is 0 Å². The molecular formula is C14H28N2O. The molecule has 0 aromatic heterocycles. The lowest BCUT2D eigenvalue weighted by Gasteiger charge is -2.38. The average Bonchev–Trinajstić information content (AvgIpc) is 2.24. The zero-order valence-corrected chi connectivity index (χ0v) is 12.0. The molecule has 1 heterocycles. The molecule has 17 heavy (non-hydrogen) atoms. The fourth-order valence-corrected chi connectivity index (χ4v) is 2.26. The molecule has 3 nitrogen and oxygen atoms in total. The van der Waals surface area contributed by atoms with Gasteiger partial charge in [0.1, 0.15) is 0 Å². The van der Waals surface area contributed by atoms with E-state index in [1.165, 1.54) is 6.42 Å². The summed E-state index contributed by atoms with van der Waals surface area (Å²) < 4.78 is 0. The zero-order valence-electron chi connectivity index (χ0n) is 12.0. The van der Waals surface area contributed by atoms with E-state index in [2.05, 4.69) is 45.3 Å². The first-order valence-corrected chi connectivity index (χ1v) is 6.85. The lowest BCUT2D eigenvalue weighted by atomic mass is 9.77. The SMILES string of the molecule is CC(C)C(C)CNC(=O)C1NCCCC1(C)C. The van der Waals surface area contributed by atoms with Crippen molar-refractivity contribution in [3.63, 3.8) is 0 Å². The molecule has 1 fully saturated rings. The monoisotopic (exact) mass is 240 g/mol. The van der Waals surface area contributed by atoms with Gasteiger partial charge < -0.3 is 10.6 Å². The van der Waals surface area contributed by atoms with Crippen LogP contribution in [0.25, 0.3) is 0 Å². The normalized spacial score (nSPS) is 25.6. The molecule has 0 aromatic carbocycles. The van der Waals surface area contributed by atoms with Crippen LogP contribution >= 0.6 is 0 Å². The van der Waals surface area contributed by atoms with Crippen molar-refractivity contribution in [2.24, 2.45) is 17.3 Å². The second-order valence-corrected chi connectivity index (χ2v) is 6.45. The first-order chi connectivity index (χ1) is 7.84. The molecule has 0 radical (unpaired) electrons. The predicted molar refractivity (Wildman–Crippen MR) is 71.8 cm³/mol. The third-order valence-electron chi connectivity index (χ3n) is 4.13. The molecule has 2 atom stereocenters. The smallest absolute Gasteiger partial charge is 0.237 e. The molecule has 0 aromatic rings. The highest BCUT2D eigenvalue weighted by atomic mass is 16.2. The molecule has 100 valence electrons. The van der Waals surface area contributed by atoms with Crippen molar-refractivity contribution in [2.45, 2.75) is 53.5 Å².